The summed E-state index contributed by atoms with van der Waals surface area (Å²) in [6.45, 7) is 5.82. The molecule has 2 aromatic rings. The van der Waals surface area contributed by atoms with Crippen LogP contribution in [0.1, 0.15) is 37.8 Å². The number of nitrogen functional groups attached to an aromatic ring is 1. The summed E-state index contributed by atoms with van der Waals surface area (Å²) in [6.07, 6.45) is 5.58. The number of rotatable bonds is 4. The van der Waals surface area contributed by atoms with Crippen LogP contribution < -0.4 is 16.4 Å². The van der Waals surface area contributed by atoms with E-state index in [1.807, 2.05) is 57.2 Å². The van der Waals surface area contributed by atoms with Crippen molar-refractivity contribution in [2.75, 3.05) is 23.5 Å². The number of benzene rings is 1. The highest BCUT2D eigenvalue weighted by Gasteiger charge is 2.17. The summed E-state index contributed by atoms with van der Waals surface area (Å²) < 4.78 is 0. The van der Waals surface area contributed by atoms with Crippen molar-refractivity contribution in [2.45, 2.75) is 38.5 Å². The molecule has 30 heavy (non-hydrogen) atoms. The smallest absolute Gasteiger partial charge is 0.156 e. The van der Waals surface area contributed by atoms with E-state index in [1.54, 1.807) is 0 Å². The molecular weight excluding hydrogens is 414 g/mol. The highest BCUT2D eigenvalue weighted by atomic mass is 32.1. The average Bonchev–Trinajstić information content (AvgIpc) is 2.78. The molecular formula is C22H29N5OS2. The van der Waals surface area contributed by atoms with Crippen molar-refractivity contribution >= 4 is 48.3 Å². The second-order valence-corrected chi connectivity index (χ2v) is 7.07. The van der Waals surface area contributed by atoms with E-state index in [0.29, 0.717) is 28.5 Å². The van der Waals surface area contributed by atoms with Crippen LogP contribution in [0.2, 0.25) is 0 Å². The molecule has 0 unspecified atom stereocenters. The molecule has 5 N–H and O–H groups in total. The molecule has 160 valence electrons. The molecule has 0 fully saturated rings. The van der Waals surface area contributed by atoms with Crippen LogP contribution in [0.15, 0.2) is 51.9 Å². The van der Waals surface area contributed by atoms with Crippen molar-refractivity contribution in [3.05, 3.63) is 58.1 Å². The first kappa shape index (κ1) is 25.4. The van der Waals surface area contributed by atoms with Crippen LogP contribution in [0.25, 0.3) is 0 Å². The molecule has 1 aromatic heterocycles. The molecule has 1 aromatic carbocycles. The number of anilines is 4. The van der Waals surface area contributed by atoms with Crippen molar-refractivity contribution < 1.29 is 5.11 Å². The van der Waals surface area contributed by atoms with Crippen LogP contribution in [-0.2, 0) is 0 Å². The number of nitrogens with one attached hydrogen (secondary N) is 2. The first-order valence-corrected chi connectivity index (χ1v) is 10.4. The fourth-order valence-corrected chi connectivity index (χ4v) is 2.94. The monoisotopic (exact) mass is 443 g/mol. The van der Waals surface area contributed by atoms with E-state index in [9.17, 15) is 5.26 Å². The Morgan fingerprint density at radius 1 is 1.03 bits per heavy atom. The molecule has 0 amide bonds. The van der Waals surface area contributed by atoms with Gasteiger partial charge in [-0.1, -0.05) is 19.9 Å². The number of aliphatic hydroxyl groups is 1. The van der Waals surface area contributed by atoms with Crippen LogP contribution in [0.5, 0.6) is 0 Å². The van der Waals surface area contributed by atoms with Crippen LogP contribution in [-0.4, -0.2) is 17.2 Å². The van der Waals surface area contributed by atoms with E-state index in [1.165, 1.54) is 0 Å². The number of aromatic nitrogens is 1. The second-order valence-electron chi connectivity index (χ2n) is 5.98. The first-order chi connectivity index (χ1) is 14.5. The summed E-state index contributed by atoms with van der Waals surface area (Å²) in [7, 11) is 1.00. The highest BCUT2D eigenvalue weighted by Crippen LogP contribution is 2.32. The van der Waals surface area contributed by atoms with Gasteiger partial charge in [-0.15, -0.1) is 25.3 Å². The van der Waals surface area contributed by atoms with Crippen LogP contribution >= 0.6 is 25.3 Å². The molecule has 0 saturated carbocycles. The summed E-state index contributed by atoms with van der Waals surface area (Å²) in [6, 6.07) is 9.75. The van der Waals surface area contributed by atoms with Gasteiger partial charge in [0.15, 0.2) is 11.6 Å². The summed E-state index contributed by atoms with van der Waals surface area (Å²) in [5.41, 5.74) is 9.63. The topological polar surface area (TPSA) is 107 Å². The SMILES string of the molecule is CC.CO.Cc1c(N)c(Nc2ccc(S)cc2)nc(NC2=CC=C(S)CC2)c1C#N. The Morgan fingerprint density at radius 2 is 1.67 bits per heavy atom. The van der Waals surface area contributed by atoms with E-state index in [0.717, 1.165) is 41.1 Å². The van der Waals surface area contributed by atoms with Gasteiger partial charge in [0.05, 0.1) is 11.3 Å². The van der Waals surface area contributed by atoms with E-state index in [-0.39, 0.29) is 0 Å². The third kappa shape index (κ3) is 6.73. The minimum Gasteiger partial charge on any atom is -0.400 e. The van der Waals surface area contributed by atoms with Gasteiger partial charge in [-0.2, -0.15) is 5.26 Å². The lowest BCUT2D eigenvalue weighted by molar-refractivity contribution is 0.399. The zero-order valence-corrected chi connectivity index (χ0v) is 19.5. The van der Waals surface area contributed by atoms with Crippen molar-refractivity contribution in [3.8, 4) is 6.07 Å². The minimum atomic E-state index is 0.445. The van der Waals surface area contributed by atoms with Gasteiger partial charge in [0.1, 0.15) is 6.07 Å². The molecule has 0 bridgehead atoms. The summed E-state index contributed by atoms with van der Waals surface area (Å²) >= 11 is 8.65. The maximum atomic E-state index is 9.55. The Labute approximate surface area is 189 Å². The van der Waals surface area contributed by atoms with E-state index in [4.69, 9.17) is 10.8 Å². The predicted molar refractivity (Wildman–Crippen MR) is 133 cm³/mol. The summed E-state index contributed by atoms with van der Waals surface area (Å²) in [4.78, 5) is 6.47. The number of nitrogens with two attached hydrogens (primary N) is 1. The molecule has 1 aliphatic carbocycles. The number of nitrogens with zero attached hydrogens (tertiary/aromatic N) is 2. The van der Waals surface area contributed by atoms with Crippen LogP contribution in [0.3, 0.4) is 0 Å². The van der Waals surface area contributed by atoms with E-state index in [2.05, 4.69) is 46.9 Å². The fourth-order valence-electron chi connectivity index (χ4n) is 2.60. The zero-order chi connectivity index (χ0) is 22.7. The summed E-state index contributed by atoms with van der Waals surface area (Å²) in [5.74, 6) is 1.01. The lowest BCUT2D eigenvalue weighted by Crippen LogP contribution is -2.10. The Balaban J connectivity index is 0.00000106. The predicted octanol–water partition coefficient (Wildman–Crippen LogP) is 5.41. The van der Waals surface area contributed by atoms with Gasteiger partial charge in [-0.05, 0) is 60.6 Å². The van der Waals surface area contributed by atoms with E-state index >= 15 is 0 Å². The van der Waals surface area contributed by atoms with Gasteiger partial charge in [-0.3, -0.25) is 0 Å². The Bertz CT molecular complexity index is 947. The Kier molecular flexibility index (Phi) is 10.9. The van der Waals surface area contributed by atoms with Crippen molar-refractivity contribution in [1.29, 1.82) is 5.26 Å². The van der Waals surface area contributed by atoms with E-state index < -0.39 is 0 Å². The number of aliphatic hydroxyl groups excluding tert-OH is 1. The maximum Gasteiger partial charge on any atom is 0.156 e. The number of thiol groups is 2. The normalized spacial score (nSPS) is 12.1. The minimum absolute atomic E-state index is 0.445. The largest absolute Gasteiger partial charge is 0.400 e. The quantitative estimate of drug-likeness (QED) is 0.353. The molecule has 1 aliphatic rings. The first-order valence-electron chi connectivity index (χ1n) is 9.54. The fraction of sp³-hybridized carbons (Fsp3) is 0.273. The lowest BCUT2D eigenvalue weighted by Gasteiger charge is -2.18. The number of allylic oxidation sites excluding steroid dienone is 4. The molecule has 0 saturated heterocycles. The average molecular weight is 444 g/mol. The van der Waals surface area contributed by atoms with Gasteiger partial charge in [0.25, 0.3) is 0 Å². The maximum absolute atomic E-state index is 9.55. The van der Waals surface area contributed by atoms with Crippen LogP contribution in [0, 0.1) is 18.3 Å². The lowest BCUT2D eigenvalue weighted by atomic mass is 10.1. The van der Waals surface area contributed by atoms with Gasteiger partial charge in [0, 0.05) is 23.4 Å². The third-order valence-electron chi connectivity index (χ3n) is 4.14. The molecule has 3 rings (SSSR count). The molecule has 0 radical (unpaired) electrons. The molecule has 0 atom stereocenters. The summed E-state index contributed by atoms with van der Waals surface area (Å²) in [5, 5.41) is 23.0. The number of hydrogen-bond acceptors (Lipinski definition) is 8. The zero-order valence-electron chi connectivity index (χ0n) is 17.7. The molecule has 1 heterocycles. The molecule has 8 heteroatoms. The highest BCUT2D eigenvalue weighted by molar-refractivity contribution is 7.84. The van der Waals surface area contributed by atoms with Gasteiger partial charge < -0.3 is 21.5 Å². The van der Waals surface area contributed by atoms with Gasteiger partial charge >= 0.3 is 0 Å². The Hall–Kier alpha value is -2.60. The molecule has 0 spiro atoms. The second kappa shape index (κ2) is 12.9. The molecule has 6 nitrogen and oxygen atoms in total. The van der Waals surface area contributed by atoms with Crippen molar-refractivity contribution in [2.24, 2.45) is 0 Å². The number of nitriles is 1. The van der Waals surface area contributed by atoms with Gasteiger partial charge in [0.2, 0.25) is 0 Å². The van der Waals surface area contributed by atoms with Crippen LogP contribution in [0.4, 0.5) is 23.0 Å². The van der Waals surface area contributed by atoms with Crippen molar-refractivity contribution in [1.82, 2.24) is 4.98 Å². The standard InChI is InChI=1S/C19H19N5S2.C2H6.CH4O/c1-11-16(10-20)18(22-12-2-6-14(25)7-3-12)24-19(17(11)21)23-13-4-8-15(26)9-5-13;2*1-2/h2,4-6,8-9,25-26H,3,7,21H2,1H3,(H2,22,23,24);1-2H3;2H,1H3. The molecule has 0 aliphatic heterocycles. The third-order valence-corrected chi connectivity index (χ3v) is 4.81. The number of pyridine rings is 1. The van der Waals surface area contributed by atoms with Gasteiger partial charge in [-0.25, -0.2) is 4.98 Å². The van der Waals surface area contributed by atoms with Crippen molar-refractivity contribution in [3.63, 3.8) is 0 Å². The Morgan fingerprint density at radius 3 is 2.20 bits per heavy atom. The number of hydrogen-bond donors (Lipinski definition) is 6.